The largest absolute Gasteiger partial charge is 0.388 e. The molecule has 2 heterocycles. The van der Waals surface area contributed by atoms with Gasteiger partial charge in [-0.15, -0.1) is 0 Å². The number of carbonyl (C=O) groups is 1. The highest BCUT2D eigenvalue weighted by atomic mass is 16.5. The van der Waals surface area contributed by atoms with E-state index in [0.717, 1.165) is 66.2 Å². The minimum atomic E-state index is -0.539. The molecule has 6 nitrogen and oxygen atoms in total. The van der Waals surface area contributed by atoms with E-state index in [1.54, 1.807) is 0 Å². The molecular weight excluding hydrogens is 414 g/mol. The number of carbonyl (C=O) groups excluding carboxylic acids is 1. The molecule has 0 saturated carbocycles. The molecule has 1 N–H and O–H groups in total. The summed E-state index contributed by atoms with van der Waals surface area (Å²) >= 11 is 0. The van der Waals surface area contributed by atoms with Crippen molar-refractivity contribution in [2.75, 3.05) is 37.6 Å². The minimum Gasteiger partial charge on any atom is -0.388 e. The summed E-state index contributed by atoms with van der Waals surface area (Å²) in [4.78, 5) is 17.6. The summed E-state index contributed by atoms with van der Waals surface area (Å²) < 4.78 is 5.46. The molecule has 33 heavy (non-hydrogen) atoms. The average Bonchev–Trinajstić information content (AvgIpc) is 3.30. The summed E-state index contributed by atoms with van der Waals surface area (Å²) in [6.07, 6.45) is 0.131. The zero-order chi connectivity index (χ0) is 23.4. The Balaban J connectivity index is 1.20. The van der Waals surface area contributed by atoms with Gasteiger partial charge in [-0.2, -0.15) is 0 Å². The highest BCUT2D eigenvalue weighted by Crippen LogP contribution is 2.47. The van der Waals surface area contributed by atoms with Gasteiger partial charge in [-0.25, -0.2) is 0 Å². The summed E-state index contributed by atoms with van der Waals surface area (Å²) in [5.74, 6) is 1.16. The summed E-state index contributed by atoms with van der Waals surface area (Å²) in [5, 5.41) is 16.3. The Morgan fingerprint density at radius 3 is 2.45 bits per heavy atom. The van der Waals surface area contributed by atoms with Crippen molar-refractivity contribution in [2.24, 2.45) is 0 Å². The van der Waals surface area contributed by atoms with Crippen LogP contribution in [0.25, 0.3) is 11.0 Å². The number of aliphatic hydroxyl groups is 1. The van der Waals surface area contributed by atoms with E-state index >= 15 is 0 Å². The van der Waals surface area contributed by atoms with Gasteiger partial charge in [0.25, 0.3) is 0 Å². The topological polar surface area (TPSA) is 69.8 Å². The van der Waals surface area contributed by atoms with Crippen LogP contribution < -0.4 is 4.90 Å². The van der Waals surface area contributed by atoms with Gasteiger partial charge in [0.05, 0.1) is 11.5 Å². The molecule has 0 spiro atoms. The lowest BCUT2D eigenvalue weighted by atomic mass is 9.80. The highest BCUT2D eigenvalue weighted by molar-refractivity contribution is 6.02. The summed E-state index contributed by atoms with van der Waals surface area (Å²) in [7, 11) is 0. The van der Waals surface area contributed by atoms with Crippen molar-refractivity contribution in [3.63, 3.8) is 0 Å². The SMILES string of the molecule is CC1(C)C(=O)C(C)(C)c2cc(C(O)CCN3CCN(c4noc5ccccc45)CC3)ccc21. The van der Waals surface area contributed by atoms with Gasteiger partial charge in [0, 0.05) is 43.6 Å². The lowest BCUT2D eigenvalue weighted by Crippen LogP contribution is -2.47. The van der Waals surface area contributed by atoms with Gasteiger partial charge >= 0.3 is 0 Å². The first kappa shape index (κ1) is 22.1. The molecule has 1 aliphatic carbocycles. The highest BCUT2D eigenvalue weighted by Gasteiger charge is 2.50. The predicted molar refractivity (Wildman–Crippen MR) is 130 cm³/mol. The molecule has 2 aromatic carbocycles. The molecule has 0 bridgehead atoms. The Morgan fingerprint density at radius 2 is 1.70 bits per heavy atom. The molecule has 0 amide bonds. The van der Waals surface area contributed by atoms with Crippen LogP contribution in [0, 0.1) is 0 Å². The number of para-hydroxylation sites is 1. The number of Topliss-reactive ketones (excluding diaryl/α,β-unsaturated/α-hetero) is 1. The van der Waals surface area contributed by atoms with E-state index in [9.17, 15) is 9.90 Å². The van der Waals surface area contributed by atoms with Gasteiger partial charge in [-0.05, 0) is 62.9 Å². The Hall–Kier alpha value is -2.70. The number of benzene rings is 2. The fraction of sp³-hybridized carbons (Fsp3) is 0.481. The predicted octanol–water partition coefficient (Wildman–Crippen LogP) is 4.21. The van der Waals surface area contributed by atoms with E-state index in [0.29, 0.717) is 6.42 Å². The molecule has 6 heteroatoms. The number of aliphatic hydroxyl groups excluding tert-OH is 1. The molecule has 1 unspecified atom stereocenters. The maximum absolute atomic E-state index is 12.9. The van der Waals surface area contributed by atoms with Crippen LogP contribution in [0.3, 0.4) is 0 Å². The maximum Gasteiger partial charge on any atom is 0.180 e. The fourth-order valence-electron chi connectivity index (χ4n) is 5.61. The van der Waals surface area contributed by atoms with E-state index in [-0.39, 0.29) is 5.78 Å². The van der Waals surface area contributed by atoms with Crippen molar-refractivity contribution in [1.82, 2.24) is 10.1 Å². The Kier molecular flexibility index (Phi) is 5.33. The quantitative estimate of drug-likeness (QED) is 0.632. The van der Waals surface area contributed by atoms with Crippen LogP contribution in [0.1, 0.15) is 56.9 Å². The lowest BCUT2D eigenvalue weighted by Gasteiger charge is -2.35. The summed E-state index contributed by atoms with van der Waals surface area (Å²) in [6.45, 7) is 12.4. The number of aromatic nitrogens is 1. The molecule has 1 fully saturated rings. The van der Waals surface area contributed by atoms with Crippen molar-refractivity contribution in [3.8, 4) is 0 Å². The minimum absolute atomic E-state index is 0.245. The molecule has 1 aromatic heterocycles. The number of piperazine rings is 1. The maximum atomic E-state index is 12.9. The summed E-state index contributed by atoms with van der Waals surface area (Å²) in [6, 6.07) is 14.1. The third kappa shape index (κ3) is 3.65. The second kappa shape index (κ2) is 7.96. The molecular formula is C27H33N3O3. The van der Waals surface area contributed by atoms with Gasteiger partial charge in [0.2, 0.25) is 0 Å². The first-order chi connectivity index (χ1) is 15.7. The number of hydrogen-bond acceptors (Lipinski definition) is 6. The van der Waals surface area contributed by atoms with E-state index in [2.05, 4.69) is 27.1 Å². The Bertz CT molecular complexity index is 1190. The monoisotopic (exact) mass is 447 g/mol. The van der Waals surface area contributed by atoms with E-state index in [1.165, 1.54) is 0 Å². The van der Waals surface area contributed by atoms with Crippen molar-refractivity contribution in [2.45, 2.75) is 51.0 Å². The number of anilines is 1. The van der Waals surface area contributed by atoms with Crippen LogP contribution in [-0.4, -0.2) is 53.7 Å². The number of ketones is 1. The second-order valence-corrected chi connectivity index (χ2v) is 10.5. The van der Waals surface area contributed by atoms with Crippen molar-refractivity contribution >= 4 is 22.6 Å². The molecule has 1 saturated heterocycles. The summed E-state index contributed by atoms with van der Waals surface area (Å²) in [5.41, 5.74) is 2.88. The number of nitrogens with zero attached hydrogens (tertiary/aromatic N) is 3. The van der Waals surface area contributed by atoms with Crippen LogP contribution in [0.15, 0.2) is 47.0 Å². The fourth-order valence-corrected chi connectivity index (χ4v) is 5.61. The number of fused-ring (bicyclic) bond motifs is 2. The average molecular weight is 448 g/mol. The Labute approximate surface area is 195 Å². The molecule has 174 valence electrons. The molecule has 1 aliphatic heterocycles. The van der Waals surface area contributed by atoms with Gasteiger partial charge in [-0.3, -0.25) is 9.69 Å². The van der Waals surface area contributed by atoms with Crippen LogP contribution in [0.2, 0.25) is 0 Å². The van der Waals surface area contributed by atoms with Crippen LogP contribution >= 0.6 is 0 Å². The van der Waals surface area contributed by atoms with E-state index < -0.39 is 16.9 Å². The van der Waals surface area contributed by atoms with Gasteiger partial charge in [0.15, 0.2) is 17.2 Å². The van der Waals surface area contributed by atoms with E-state index in [1.807, 2.05) is 58.0 Å². The molecule has 5 rings (SSSR count). The van der Waals surface area contributed by atoms with Gasteiger partial charge in [0.1, 0.15) is 0 Å². The molecule has 3 aromatic rings. The Morgan fingerprint density at radius 1 is 1.00 bits per heavy atom. The van der Waals surface area contributed by atoms with Crippen LogP contribution in [-0.2, 0) is 15.6 Å². The van der Waals surface area contributed by atoms with Crippen molar-refractivity contribution < 1.29 is 14.4 Å². The molecule has 2 aliphatic rings. The number of rotatable bonds is 5. The zero-order valence-electron chi connectivity index (χ0n) is 20.0. The van der Waals surface area contributed by atoms with Gasteiger partial charge < -0.3 is 14.5 Å². The first-order valence-electron chi connectivity index (χ1n) is 11.9. The first-order valence-corrected chi connectivity index (χ1v) is 11.9. The van der Waals surface area contributed by atoms with Crippen LogP contribution in [0.5, 0.6) is 0 Å². The number of hydrogen-bond donors (Lipinski definition) is 1. The lowest BCUT2D eigenvalue weighted by molar-refractivity contribution is -0.126. The van der Waals surface area contributed by atoms with Gasteiger partial charge in [-0.1, -0.05) is 35.5 Å². The normalized spacial score (nSPS) is 20.9. The smallest absolute Gasteiger partial charge is 0.180 e. The standard InChI is InChI=1S/C27H33N3O3/c1-26(2)20-10-9-18(17-21(20)27(3,4)25(26)32)22(31)11-12-29-13-15-30(16-14-29)24-19-7-5-6-8-23(19)33-28-24/h5-10,17,22,31H,11-16H2,1-4H3. The molecule has 0 radical (unpaired) electrons. The zero-order valence-corrected chi connectivity index (χ0v) is 20.0. The third-order valence-electron chi connectivity index (χ3n) is 7.66. The van der Waals surface area contributed by atoms with E-state index in [4.69, 9.17) is 4.52 Å². The van der Waals surface area contributed by atoms with Crippen molar-refractivity contribution in [1.29, 1.82) is 0 Å². The molecule has 1 atom stereocenters. The van der Waals surface area contributed by atoms with Crippen molar-refractivity contribution in [3.05, 3.63) is 59.2 Å². The second-order valence-electron chi connectivity index (χ2n) is 10.5. The van der Waals surface area contributed by atoms with Crippen LogP contribution in [0.4, 0.5) is 5.82 Å². The third-order valence-corrected chi connectivity index (χ3v) is 7.66.